The first-order valence-corrected chi connectivity index (χ1v) is 13.8. The van der Waals surface area contributed by atoms with Crippen LogP contribution in [-0.4, -0.2) is 63.5 Å². The summed E-state index contributed by atoms with van der Waals surface area (Å²) >= 11 is 6.08. The minimum absolute atomic E-state index is 0.0561. The van der Waals surface area contributed by atoms with E-state index < -0.39 is 22.2 Å². The van der Waals surface area contributed by atoms with E-state index >= 15 is 0 Å². The third-order valence-corrected chi connectivity index (χ3v) is 8.34. The topological polar surface area (TPSA) is 111 Å². The molecule has 3 N–H and O–H groups in total. The van der Waals surface area contributed by atoms with Crippen molar-refractivity contribution < 1.29 is 27.7 Å². The number of aliphatic hydroxyl groups excluding tert-OH is 1. The van der Waals surface area contributed by atoms with Crippen LogP contribution >= 0.6 is 11.8 Å². The summed E-state index contributed by atoms with van der Waals surface area (Å²) in [5.74, 6) is 1.74. The highest BCUT2D eigenvalue weighted by Gasteiger charge is 2.29. The molecule has 0 fully saturated rings. The zero-order valence-electron chi connectivity index (χ0n) is 21.5. The Bertz CT molecular complexity index is 1020. The molecule has 0 aliphatic heterocycles. The molecule has 36 heavy (non-hydrogen) atoms. The van der Waals surface area contributed by atoms with Crippen molar-refractivity contribution in [1.29, 1.82) is 0 Å². The molecule has 0 saturated heterocycles. The van der Waals surface area contributed by atoms with Crippen LogP contribution in [0, 0.1) is 11.8 Å². The van der Waals surface area contributed by atoms with Crippen molar-refractivity contribution in [2.75, 3.05) is 34.0 Å². The molecule has 3 atom stereocenters. The van der Waals surface area contributed by atoms with Gasteiger partial charge in [-0.05, 0) is 66.3 Å². The Morgan fingerprint density at radius 3 is 2.36 bits per heavy atom. The monoisotopic (exact) mass is 542 g/mol. The van der Waals surface area contributed by atoms with Crippen LogP contribution in [0.3, 0.4) is 0 Å². The van der Waals surface area contributed by atoms with Gasteiger partial charge in [0.1, 0.15) is 0 Å². The fraction of sp³-hybridized carbons (Fsp3) is 0.538. The smallest absolute Gasteiger partial charge is 0.256 e. The molecule has 0 unspecified atom stereocenters. The van der Waals surface area contributed by atoms with E-state index in [-0.39, 0.29) is 23.3 Å². The van der Waals surface area contributed by atoms with Gasteiger partial charge < -0.3 is 25.1 Å². The molecule has 10 heteroatoms. The van der Waals surface area contributed by atoms with Gasteiger partial charge in [-0.25, -0.2) is 8.42 Å². The number of benzene rings is 2. The van der Waals surface area contributed by atoms with Crippen LogP contribution in [-0.2, 0) is 21.2 Å². The van der Waals surface area contributed by atoms with Crippen molar-refractivity contribution >= 4 is 21.8 Å². The number of rotatable bonds is 16. The van der Waals surface area contributed by atoms with Crippen molar-refractivity contribution in [3.63, 3.8) is 0 Å². The minimum Gasteiger partial charge on any atom is -0.493 e. The minimum atomic E-state index is -3.93. The number of hydrogen-bond donors (Lipinski definition) is 2. The molecular formula is C26H39ClN2O6S. The van der Waals surface area contributed by atoms with Crippen molar-refractivity contribution in [3.8, 4) is 11.5 Å². The number of methoxy groups -OCH3 is 2. The maximum Gasteiger partial charge on any atom is 0.256 e. The molecule has 0 amide bonds. The number of sulfonamides is 1. The standard InChI is InChI=1S/C26H39ClN2O6S/c1-19(2)21(15-20-11-12-25(34-4)26(16-20)35-14-8-13-33-3)17-23(28)24(30)18-29(27)36(31,32)22-9-6-5-7-10-22/h5-7,9-12,16,19,21,23-24,30H,8,13-15,17-18,28H2,1-4H3/t21-,23-,24-/m0/s1. The summed E-state index contributed by atoms with van der Waals surface area (Å²) in [5, 5.41) is 10.7. The Morgan fingerprint density at radius 1 is 1.06 bits per heavy atom. The van der Waals surface area contributed by atoms with Gasteiger partial charge in [0.2, 0.25) is 0 Å². The van der Waals surface area contributed by atoms with Crippen LogP contribution in [0.1, 0.15) is 32.3 Å². The van der Waals surface area contributed by atoms with E-state index in [1.807, 2.05) is 18.2 Å². The maximum absolute atomic E-state index is 12.7. The first-order chi connectivity index (χ1) is 17.1. The van der Waals surface area contributed by atoms with E-state index in [4.69, 9.17) is 31.7 Å². The molecule has 0 spiro atoms. The van der Waals surface area contributed by atoms with Crippen molar-refractivity contribution in [3.05, 3.63) is 54.1 Å². The summed E-state index contributed by atoms with van der Waals surface area (Å²) in [6.07, 6.45) is 0.842. The predicted molar refractivity (Wildman–Crippen MR) is 142 cm³/mol. The lowest BCUT2D eigenvalue weighted by atomic mass is 9.83. The number of nitrogens with zero attached hydrogens (tertiary/aromatic N) is 1. The highest BCUT2D eigenvalue weighted by Crippen LogP contribution is 2.31. The molecular weight excluding hydrogens is 504 g/mol. The summed E-state index contributed by atoms with van der Waals surface area (Å²) < 4.78 is 42.4. The molecule has 0 radical (unpaired) electrons. The first kappa shape index (κ1) is 30.3. The normalized spacial score (nSPS) is 14.6. The quantitative estimate of drug-likeness (QED) is 0.245. The summed E-state index contributed by atoms with van der Waals surface area (Å²) in [4.78, 5) is 0.0561. The number of ether oxygens (including phenoxy) is 3. The van der Waals surface area contributed by atoms with Crippen LogP contribution in [0.2, 0.25) is 0 Å². The number of aliphatic hydroxyl groups is 1. The fourth-order valence-corrected chi connectivity index (χ4v) is 5.29. The second-order valence-electron chi connectivity index (χ2n) is 9.14. The van der Waals surface area contributed by atoms with Gasteiger partial charge in [0.05, 0.1) is 31.3 Å². The zero-order chi connectivity index (χ0) is 26.7. The lowest BCUT2D eigenvalue weighted by molar-refractivity contribution is 0.118. The molecule has 0 heterocycles. The Kier molecular flexibility index (Phi) is 12.4. The third-order valence-electron chi connectivity index (χ3n) is 6.12. The molecule has 2 rings (SSSR count). The third kappa shape index (κ3) is 8.90. The van der Waals surface area contributed by atoms with Gasteiger partial charge in [0.25, 0.3) is 10.0 Å². The Morgan fingerprint density at radius 2 is 1.75 bits per heavy atom. The molecule has 202 valence electrons. The van der Waals surface area contributed by atoms with Crippen LogP contribution in [0.5, 0.6) is 11.5 Å². The van der Waals surface area contributed by atoms with E-state index in [1.165, 1.54) is 12.1 Å². The van der Waals surface area contributed by atoms with Crippen LogP contribution in [0.15, 0.2) is 53.4 Å². The number of nitrogens with two attached hydrogens (primary N) is 1. The van der Waals surface area contributed by atoms with Crippen molar-refractivity contribution in [2.45, 2.75) is 50.2 Å². The molecule has 0 aliphatic carbocycles. The average Bonchev–Trinajstić information content (AvgIpc) is 2.86. The van der Waals surface area contributed by atoms with E-state index in [0.29, 0.717) is 41.4 Å². The summed E-state index contributed by atoms with van der Waals surface area (Å²) in [6.45, 7) is 5.02. The first-order valence-electron chi connectivity index (χ1n) is 12.1. The second-order valence-corrected chi connectivity index (χ2v) is 11.6. The lowest BCUT2D eigenvalue weighted by Gasteiger charge is -2.28. The molecule has 0 aliphatic rings. The predicted octanol–water partition coefficient (Wildman–Crippen LogP) is 3.85. The van der Waals surface area contributed by atoms with Gasteiger partial charge in [-0.15, -0.1) is 3.82 Å². The van der Waals surface area contributed by atoms with E-state index in [0.717, 1.165) is 12.0 Å². The molecule has 2 aromatic rings. The van der Waals surface area contributed by atoms with Gasteiger partial charge >= 0.3 is 0 Å². The largest absolute Gasteiger partial charge is 0.493 e. The molecule has 8 nitrogen and oxygen atoms in total. The summed E-state index contributed by atoms with van der Waals surface area (Å²) in [6, 6.07) is 13.0. The fourth-order valence-electron chi connectivity index (χ4n) is 3.83. The molecule has 2 aromatic carbocycles. The van der Waals surface area contributed by atoms with Crippen LogP contribution in [0.4, 0.5) is 0 Å². The maximum atomic E-state index is 12.7. The molecule has 0 saturated carbocycles. The van der Waals surface area contributed by atoms with Crippen molar-refractivity contribution in [2.24, 2.45) is 17.6 Å². The van der Waals surface area contributed by atoms with Crippen LogP contribution in [0.25, 0.3) is 0 Å². The average molecular weight is 543 g/mol. The highest BCUT2D eigenvalue weighted by molar-refractivity contribution is 7.90. The Labute approximate surface area is 220 Å². The van der Waals surface area contributed by atoms with E-state index in [1.54, 1.807) is 32.4 Å². The number of halogens is 1. The molecule has 0 bridgehead atoms. The number of hydrogen-bond acceptors (Lipinski definition) is 7. The summed E-state index contributed by atoms with van der Waals surface area (Å²) in [7, 11) is -0.676. The van der Waals surface area contributed by atoms with Gasteiger partial charge in [-0.3, -0.25) is 0 Å². The zero-order valence-corrected chi connectivity index (χ0v) is 23.0. The second kappa shape index (κ2) is 14.8. The SMILES string of the molecule is COCCCOc1cc(C[C@@H](C[C@H](N)[C@@H](O)CN(Cl)S(=O)(=O)c2ccccc2)C(C)C)ccc1OC. The molecule has 0 aromatic heterocycles. The Hall–Kier alpha value is -1.88. The summed E-state index contributed by atoms with van der Waals surface area (Å²) in [5.41, 5.74) is 7.38. The highest BCUT2D eigenvalue weighted by atomic mass is 35.5. The van der Waals surface area contributed by atoms with Gasteiger partial charge in [0.15, 0.2) is 11.5 Å². The van der Waals surface area contributed by atoms with Gasteiger partial charge in [-0.1, -0.05) is 38.1 Å². The van der Waals surface area contributed by atoms with E-state index in [2.05, 4.69) is 13.8 Å². The van der Waals surface area contributed by atoms with E-state index in [9.17, 15) is 13.5 Å². The van der Waals surface area contributed by atoms with Crippen LogP contribution < -0.4 is 15.2 Å². The van der Waals surface area contributed by atoms with Gasteiger partial charge in [0, 0.05) is 26.2 Å². The van der Waals surface area contributed by atoms with Gasteiger partial charge in [-0.2, -0.15) is 0 Å². The Balaban J connectivity index is 2.04. The lowest BCUT2D eigenvalue weighted by Crippen LogP contribution is -2.44. The van der Waals surface area contributed by atoms with Crippen molar-refractivity contribution in [1.82, 2.24) is 3.82 Å².